The van der Waals surface area contributed by atoms with Crippen LogP contribution in [0.15, 0.2) is 18.2 Å². The van der Waals surface area contributed by atoms with Gasteiger partial charge >= 0.3 is 0 Å². The highest BCUT2D eigenvalue weighted by Gasteiger charge is 2.24. The molecule has 1 aliphatic carbocycles. The molecule has 1 saturated carbocycles. The molecule has 0 amide bonds. The topological polar surface area (TPSA) is 65.5 Å². The highest BCUT2D eigenvalue weighted by atomic mass is 16.5. The van der Waals surface area contributed by atoms with Gasteiger partial charge in [-0.1, -0.05) is 18.9 Å². The molecule has 0 radical (unpaired) electrons. The Morgan fingerprint density at radius 3 is 2.69 bits per heavy atom. The maximum Gasteiger partial charge on any atom is 0.134 e. The Labute approximate surface area is 173 Å². The summed E-state index contributed by atoms with van der Waals surface area (Å²) < 4.78 is 16.5. The number of aromatic nitrogens is 2. The largest absolute Gasteiger partial charge is 0.497 e. The number of nitrogens with zero attached hydrogens (tertiary/aromatic N) is 2. The second kappa shape index (κ2) is 9.44. The summed E-state index contributed by atoms with van der Waals surface area (Å²) in [5.41, 5.74) is 3.55. The predicted octanol–water partition coefficient (Wildman–Crippen LogP) is 3.92. The Balaban J connectivity index is 1.52. The standard InChI is InChI=1S/C23H31N3O3/c1-27-18-8-7-16(21(15-18)28-2)9-12-24-23-19-10-13-29-14-11-20(19)25-22(26-23)17-5-3-4-6-17/h7-8,15,17H,3-6,9-14H2,1-2H3,(H,24,25,26). The van der Waals surface area contributed by atoms with Crippen molar-refractivity contribution in [2.75, 3.05) is 39.3 Å². The monoisotopic (exact) mass is 397 g/mol. The van der Waals surface area contributed by atoms with Crippen LogP contribution in [0.1, 0.15) is 54.2 Å². The second-order valence-corrected chi connectivity index (χ2v) is 7.80. The average Bonchev–Trinajstić information content (AvgIpc) is 3.19. The van der Waals surface area contributed by atoms with Crippen molar-refractivity contribution in [2.24, 2.45) is 0 Å². The van der Waals surface area contributed by atoms with Gasteiger partial charge in [0, 0.05) is 36.9 Å². The number of anilines is 1. The molecule has 0 bridgehead atoms. The van der Waals surface area contributed by atoms with Crippen molar-refractivity contribution in [2.45, 2.75) is 50.9 Å². The second-order valence-electron chi connectivity index (χ2n) is 7.80. The zero-order chi connectivity index (χ0) is 20.1. The van der Waals surface area contributed by atoms with Crippen LogP contribution in [0.2, 0.25) is 0 Å². The number of rotatable bonds is 7. The van der Waals surface area contributed by atoms with Crippen LogP contribution >= 0.6 is 0 Å². The van der Waals surface area contributed by atoms with Crippen molar-refractivity contribution in [3.8, 4) is 11.5 Å². The zero-order valence-corrected chi connectivity index (χ0v) is 17.5. The van der Waals surface area contributed by atoms with Crippen molar-refractivity contribution in [1.82, 2.24) is 9.97 Å². The summed E-state index contributed by atoms with van der Waals surface area (Å²) in [6.07, 6.45) is 7.58. The zero-order valence-electron chi connectivity index (χ0n) is 17.5. The van der Waals surface area contributed by atoms with Crippen LogP contribution in [0.5, 0.6) is 11.5 Å². The van der Waals surface area contributed by atoms with Crippen molar-refractivity contribution in [3.63, 3.8) is 0 Å². The van der Waals surface area contributed by atoms with Crippen molar-refractivity contribution >= 4 is 5.82 Å². The first-order chi connectivity index (χ1) is 14.3. The number of ether oxygens (including phenoxy) is 3. The Morgan fingerprint density at radius 2 is 1.90 bits per heavy atom. The molecule has 1 aliphatic heterocycles. The maximum absolute atomic E-state index is 5.70. The first-order valence-electron chi connectivity index (χ1n) is 10.7. The highest BCUT2D eigenvalue weighted by Crippen LogP contribution is 2.34. The smallest absolute Gasteiger partial charge is 0.134 e. The first kappa shape index (κ1) is 20.0. The molecule has 1 N–H and O–H groups in total. The summed E-state index contributed by atoms with van der Waals surface area (Å²) in [6.45, 7) is 2.27. The third kappa shape index (κ3) is 4.64. The van der Waals surface area contributed by atoms with Gasteiger partial charge in [0.25, 0.3) is 0 Å². The van der Waals surface area contributed by atoms with E-state index in [0.29, 0.717) is 5.92 Å². The van der Waals surface area contributed by atoms with E-state index in [1.165, 1.54) is 36.9 Å². The fraction of sp³-hybridized carbons (Fsp3) is 0.565. The predicted molar refractivity (Wildman–Crippen MR) is 113 cm³/mol. The molecule has 6 heteroatoms. The van der Waals surface area contributed by atoms with E-state index in [1.54, 1.807) is 14.2 Å². The van der Waals surface area contributed by atoms with Crippen LogP contribution in [0, 0.1) is 0 Å². The van der Waals surface area contributed by atoms with E-state index in [9.17, 15) is 0 Å². The van der Waals surface area contributed by atoms with Crippen LogP contribution in [0.4, 0.5) is 5.82 Å². The molecule has 1 aromatic heterocycles. The lowest BCUT2D eigenvalue weighted by molar-refractivity contribution is 0.146. The molecule has 0 spiro atoms. The lowest BCUT2D eigenvalue weighted by Gasteiger charge is -2.17. The Hall–Kier alpha value is -2.34. The fourth-order valence-corrected chi connectivity index (χ4v) is 4.35. The number of fused-ring (bicyclic) bond motifs is 1. The van der Waals surface area contributed by atoms with E-state index >= 15 is 0 Å². The molecule has 2 aliphatic rings. The minimum absolute atomic E-state index is 0.506. The molecule has 2 heterocycles. The fourth-order valence-electron chi connectivity index (χ4n) is 4.35. The molecule has 0 saturated heterocycles. The van der Waals surface area contributed by atoms with Gasteiger partial charge in [0.1, 0.15) is 23.1 Å². The van der Waals surface area contributed by atoms with Gasteiger partial charge in [-0.2, -0.15) is 0 Å². The Kier molecular flexibility index (Phi) is 6.49. The molecule has 0 unspecified atom stereocenters. The average molecular weight is 398 g/mol. The van der Waals surface area contributed by atoms with Gasteiger partial charge in [0.2, 0.25) is 0 Å². The number of benzene rings is 1. The molecule has 156 valence electrons. The third-order valence-corrected chi connectivity index (χ3v) is 5.99. The Morgan fingerprint density at radius 1 is 1.07 bits per heavy atom. The first-order valence-corrected chi connectivity index (χ1v) is 10.7. The number of nitrogens with one attached hydrogen (secondary N) is 1. The number of hydrogen-bond acceptors (Lipinski definition) is 6. The summed E-state index contributed by atoms with van der Waals surface area (Å²) in [4.78, 5) is 9.95. The normalized spacial score (nSPS) is 16.9. The lowest BCUT2D eigenvalue weighted by atomic mass is 10.0. The molecule has 1 fully saturated rings. The summed E-state index contributed by atoms with van der Waals surface area (Å²) in [6, 6.07) is 5.98. The molecule has 6 nitrogen and oxygen atoms in total. The quantitative estimate of drug-likeness (QED) is 0.764. The van der Waals surface area contributed by atoms with E-state index in [-0.39, 0.29) is 0 Å². The molecule has 29 heavy (non-hydrogen) atoms. The van der Waals surface area contributed by atoms with Gasteiger partial charge < -0.3 is 19.5 Å². The number of hydrogen-bond donors (Lipinski definition) is 1. The third-order valence-electron chi connectivity index (χ3n) is 5.99. The summed E-state index contributed by atoms with van der Waals surface area (Å²) in [5.74, 6) is 4.18. The molecular weight excluding hydrogens is 366 g/mol. The summed E-state index contributed by atoms with van der Waals surface area (Å²) >= 11 is 0. The SMILES string of the molecule is COc1ccc(CCNc2nc(C3CCCC3)nc3c2CCOCC3)c(OC)c1. The summed E-state index contributed by atoms with van der Waals surface area (Å²) in [5, 5.41) is 3.60. The van der Waals surface area contributed by atoms with E-state index in [0.717, 1.165) is 67.7 Å². The van der Waals surface area contributed by atoms with E-state index in [2.05, 4.69) is 11.4 Å². The number of methoxy groups -OCH3 is 2. The minimum atomic E-state index is 0.506. The lowest BCUT2D eigenvalue weighted by Crippen LogP contribution is -2.15. The molecule has 2 aromatic rings. The van der Waals surface area contributed by atoms with Crippen LogP contribution < -0.4 is 14.8 Å². The minimum Gasteiger partial charge on any atom is -0.497 e. The van der Waals surface area contributed by atoms with Gasteiger partial charge in [-0.15, -0.1) is 0 Å². The van der Waals surface area contributed by atoms with Gasteiger partial charge in [-0.25, -0.2) is 9.97 Å². The van der Waals surface area contributed by atoms with Gasteiger partial charge in [0.15, 0.2) is 0 Å². The van der Waals surface area contributed by atoms with E-state index < -0.39 is 0 Å². The van der Waals surface area contributed by atoms with E-state index in [1.807, 2.05) is 12.1 Å². The van der Waals surface area contributed by atoms with E-state index in [4.69, 9.17) is 24.2 Å². The van der Waals surface area contributed by atoms with Crippen molar-refractivity contribution in [3.05, 3.63) is 40.8 Å². The van der Waals surface area contributed by atoms with Crippen LogP contribution in [0.3, 0.4) is 0 Å². The highest BCUT2D eigenvalue weighted by molar-refractivity contribution is 5.48. The van der Waals surface area contributed by atoms with Gasteiger partial charge in [-0.3, -0.25) is 0 Å². The van der Waals surface area contributed by atoms with Crippen molar-refractivity contribution < 1.29 is 14.2 Å². The maximum atomic E-state index is 5.70. The Bertz CT molecular complexity index is 834. The van der Waals surface area contributed by atoms with Crippen molar-refractivity contribution in [1.29, 1.82) is 0 Å². The van der Waals surface area contributed by atoms with Crippen LogP contribution in [0.25, 0.3) is 0 Å². The van der Waals surface area contributed by atoms with Gasteiger partial charge in [-0.05, 0) is 30.9 Å². The summed E-state index contributed by atoms with van der Waals surface area (Å²) in [7, 11) is 3.37. The molecule has 0 atom stereocenters. The molecular formula is C23H31N3O3. The molecule has 4 rings (SSSR count). The van der Waals surface area contributed by atoms with Crippen LogP contribution in [-0.4, -0.2) is 43.9 Å². The molecule has 1 aromatic carbocycles. The van der Waals surface area contributed by atoms with Crippen LogP contribution in [-0.2, 0) is 24.0 Å². The van der Waals surface area contributed by atoms with Gasteiger partial charge in [0.05, 0.1) is 33.1 Å².